The molecule has 1 aliphatic rings. The van der Waals surface area contributed by atoms with Crippen LogP contribution in [0.3, 0.4) is 0 Å². The maximum absolute atomic E-state index is 12.9. The first-order valence-corrected chi connectivity index (χ1v) is 11.1. The number of carbonyl (C=O) groups excluding carboxylic acids is 1. The van der Waals surface area contributed by atoms with E-state index < -0.39 is 10.0 Å². The third-order valence-electron chi connectivity index (χ3n) is 5.09. The number of sulfonamides is 1. The number of rotatable bonds is 8. The van der Waals surface area contributed by atoms with Gasteiger partial charge in [0.25, 0.3) is 5.91 Å². The van der Waals surface area contributed by atoms with Crippen LogP contribution in [0.4, 0.5) is 5.69 Å². The minimum Gasteiger partial charge on any atom is -0.371 e. The number of hydrogen-bond acceptors (Lipinski definition) is 4. The Bertz CT molecular complexity index is 765. The van der Waals surface area contributed by atoms with Crippen molar-refractivity contribution in [3.8, 4) is 0 Å². The van der Waals surface area contributed by atoms with E-state index in [1.54, 1.807) is 18.2 Å². The topological polar surface area (TPSA) is 69.7 Å². The summed E-state index contributed by atoms with van der Waals surface area (Å²) >= 11 is 0. The molecule has 150 valence electrons. The number of hydrogen-bond donors (Lipinski definition) is 1. The van der Waals surface area contributed by atoms with Crippen molar-refractivity contribution >= 4 is 21.6 Å². The third-order valence-corrected chi connectivity index (χ3v) is 7.13. The van der Waals surface area contributed by atoms with Gasteiger partial charge in [0.05, 0.1) is 10.5 Å². The van der Waals surface area contributed by atoms with Gasteiger partial charge in [-0.3, -0.25) is 4.79 Å². The Hall–Kier alpha value is -1.86. The summed E-state index contributed by atoms with van der Waals surface area (Å²) in [6.45, 7) is 12.3. The molecule has 0 aliphatic carbocycles. The first-order valence-electron chi connectivity index (χ1n) is 9.63. The van der Waals surface area contributed by atoms with Crippen LogP contribution < -0.4 is 10.2 Å². The molecule has 6 nitrogen and oxygen atoms in total. The molecule has 2 rings (SSSR count). The summed E-state index contributed by atoms with van der Waals surface area (Å²) in [7, 11) is -3.62. The lowest BCUT2D eigenvalue weighted by molar-refractivity contribution is 0.0958. The molecule has 1 aromatic rings. The maximum Gasteiger partial charge on any atom is 0.253 e. The van der Waals surface area contributed by atoms with Crippen LogP contribution in [0, 0.1) is 5.92 Å². The number of carbonyl (C=O) groups is 1. The average Bonchev–Trinajstić information content (AvgIpc) is 2.67. The number of benzene rings is 1. The van der Waals surface area contributed by atoms with E-state index in [2.05, 4.69) is 23.7 Å². The molecule has 1 N–H and O–H groups in total. The molecule has 0 radical (unpaired) electrons. The Kier molecular flexibility index (Phi) is 7.44. The molecule has 7 heteroatoms. The summed E-state index contributed by atoms with van der Waals surface area (Å²) in [5.74, 6) is 0.390. The summed E-state index contributed by atoms with van der Waals surface area (Å²) in [4.78, 5) is 15.1. The molecule has 1 saturated heterocycles. The molecular formula is C20H31N3O3S. The molecule has 1 fully saturated rings. The van der Waals surface area contributed by atoms with Crippen molar-refractivity contribution < 1.29 is 13.2 Å². The second-order valence-electron chi connectivity index (χ2n) is 6.94. The molecule has 0 saturated carbocycles. The first kappa shape index (κ1) is 21.4. The van der Waals surface area contributed by atoms with Crippen LogP contribution in [0.2, 0.25) is 0 Å². The van der Waals surface area contributed by atoms with Crippen LogP contribution in [0.25, 0.3) is 0 Å². The monoisotopic (exact) mass is 393 g/mol. The average molecular weight is 394 g/mol. The van der Waals surface area contributed by atoms with Gasteiger partial charge in [0.2, 0.25) is 10.0 Å². The van der Waals surface area contributed by atoms with Gasteiger partial charge in [0, 0.05) is 38.4 Å². The van der Waals surface area contributed by atoms with Crippen molar-refractivity contribution in [3.05, 3.63) is 36.4 Å². The number of nitrogens with zero attached hydrogens (tertiary/aromatic N) is 2. The van der Waals surface area contributed by atoms with Gasteiger partial charge in [-0.05, 0) is 37.0 Å². The van der Waals surface area contributed by atoms with E-state index in [1.807, 2.05) is 13.8 Å². The third kappa shape index (κ3) is 4.90. The molecule has 0 aromatic heterocycles. The van der Waals surface area contributed by atoms with Gasteiger partial charge in [-0.1, -0.05) is 26.8 Å². The smallest absolute Gasteiger partial charge is 0.253 e. The molecular weight excluding hydrogens is 362 g/mol. The number of nitrogens with one attached hydrogen (secondary N) is 1. The predicted octanol–water partition coefficient (Wildman–Crippen LogP) is 2.87. The molecule has 1 aliphatic heterocycles. The Morgan fingerprint density at radius 1 is 1.30 bits per heavy atom. The molecule has 1 aromatic carbocycles. The minimum absolute atomic E-state index is 0.157. The van der Waals surface area contributed by atoms with Crippen LogP contribution in [0.15, 0.2) is 35.7 Å². The number of amides is 1. The summed E-state index contributed by atoms with van der Waals surface area (Å²) in [5.41, 5.74) is 1.20. The van der Waals surface area contributed by atoms with Crippen LogP contribution >= 0.6 is 0 Å². The molecule has 1 heterocycles. The van der Waals surface area contributed by atoms with Crippen LogP contribution in [0.5, 0.6) is 0 Å². The van der Waals surface area contributed by atoms with E-state index in [-0.39, 0.29) is 10.8 Å². The fourth-order valence-corrected chi connectivity index (χ4v) is 4.84. The van der Waals surface area contributed by atoms with Gasteiger partial charge in [0.15, 0.2) is 0 Å². The highest BCUT2D eigenvalue weighted by molar-refractivity contribution is 7.89. The van der Waals surface area contributed by atoms with Crippen LogP contribution in [-0.2, 0) is 10.0 Å². The SMILES string of the molecule is C=CCNC(=O)c1cc(S(=O)(=O)N(CC)CC)ccc1N1CCC(C)CC1. The van der Waals surface area contributed by atoms with E-state index in [0.29, 0.717) is 31.1 Å². The highest BCUT2D eigenvalue weighted by Crippen LogP contribution is 2.29. The number of anilines is 1. The normalized spacial score (nSPS) is 15.8. The number of piperidine rings is 1. The fourth-order valence-electron chi connectivity index (χ4n) is 3.36. The van der Waals surface area contributed by atoms with E-state index in [4.69, 9.17) is 0 Å². The highest BCUT2D eigenvalue weighted by Gasteiger charge is 2.26. The van der Waals surface area contributed by atoms with Gasteiger partial charge < -0.3 is 10.2 Å². The predicted molar refractivity (Wildman–Crippen MR) is 110 cm³/mol. The zero-order chi connectivity index (χ0) is 20.0. The molecule has 0 atom stereocenters. The minimum atomic E-state index is -3.62. The standard InChI is InChI=1S/C20H31N3O3S/c1-5-12-21-20(24)18-15-17(27(25,26)23(6-2)7-3)8-9-19(18)22-13-10-16(4)11-14-22/h5,8-9,15-16H,1,6-7,10-14H2,2-4H3,(H,21,24). The fraction of sp³-hybridized carbons (Fsp3) is 0.550. The summed E-state index contributed by atoms with van der Waals surface area (Å²) in [6, 6.07) is 4.90. The first-order chi connectivity index (χ1) is 12.8. The largest absolute Gasteiger partial charge is 0.371 e. The summed E-state index contributed by atoms with van der Waals surface area (Å²) in [5, 5.41) is 2.78. The second-order valence-corrected chi connectivity index (χ2v) is 8.87. The van der Waals surface area contributed by atoms with Crippen LogP contribution in [-0.4, -0.2) is 51.4 Å². The van der Waals surface area contributed by atoms with E-state index in [9.17, 15) is 13.2 Å². The van der Waals surface area contributed by atoms with Crippen molar-refractivity contribution in [2.75, 3.05) is 37.6 Å². The van der Waals surface area contributed by atoms with Gasteiger partial charge in [-0.25, -0.2) is 8.42 Å². The Morgan fingerprint density at radius 2 is 1.93 bits per heavy atom. The quantitative estimate of drug-likeness (QED) is 0.690. The lowest BCUT2D eigenvalue weighted by atomic mass is 9.98. The molecule has 27 heavy (non-hydrogen) atoms. The maximum atomic E-state index is 12.9. The van der Waals surface area contributed by atoms with Crippen molar-refractivity contribution in [1.29, 1.82) is 0 Å². The van der Waals surface area contributed by atoms with Gasteiger partial charge in [-0.2, -0.15) is 4.31 Å². The Balaban J connectivity index is 2.46. The Labute approximate surface area is 163 Å². The molecule has 1 amide bonds. The van der Waals surface area contributed by atoms with Crippen LogP contribution in [0.1, 0.15) is 44.0 Å². The van der Waals surface area contributed by atoms with Gasteiger partial charge >= 0.3 is 0 Å². The van der Waals surface area contributed by atoms with E-state index >= 15 is 0 Å². The lowest BCUT2D eigenvalue weighted by Crippen LogP contribution is -2.35. The van der Waals surface area contributed by atoms with Gasteiger partial charge in [0.1, 0.15) is 0 Å². The molecule has 0 spiro atoms. The highest BCUT2D eigenvalue weighted by atomic mass is 32.2. The summed E-state index contributed by atoms with van der Waals surface area (Å²) in [6.07, 6.45) is 3.73. The lowest BCUT2D eigenvalue weighted by Gasteiger charge is -2.33. The Morgan fingerprint density at radius 3 is 2.48 bits per heavy atom. The molecule has 0 bridgehead atoms. The van der Waals surface area contributed by atoms with Crippen molar-refractivity contribution in [2.24, 2.45) is 5.92 Å². The van der Waals surface area contributed by atoms with E-state index in [1.165, 1.54) is 10.4 Å². The zero-order valence-electron chi connectivity index (χ0n) is 16.6. The van der Waals surface area contributed by atoms with Crippen molar-refractivity contribution in [3.63, 3.8) is 0 Å². The second kappa shape index (κ2) is 9.37. The molecule has 0 unspecified atom stereocenters. The van der Waals surface area contributed by atoms with Crippen molar-refractivity contribution in [1.82, 2.24) is 9.62 Å². The van der Waals surface area contributed by atoms with Gasteiger partial charge in [-0.15, -0.1) is 6.58 Å². The van der Waals surface area contributed by atoms with Crippen molar-refractivity contribution in [2.45, 2.75) is 38.5 Å². The summed E-state index contributed by atoms with van der Waals surface area (Å²) < 4.78 is 27.2. The van der Waals surface area contributed by atoms with E-state index in [0.717, 1.165) is 31.6 Å². The zero-order valence-corrected chi connectivity index (χ0v) is 17.4.